The molecule has 5 rings (SSSR count). The maximum atomic E-state index is 13.6. The highest BCUT2D eigenvalue weighted by molar-refractivity contribution is 9.10. The molecule has 1 aromatic heterocycles. The van der Waals surface area contributed by atoms with E-state index in [9.17, 15) is 9.59 Å². The molecule has 0 bridgehead atoms. The maximum Gasteiger partial charge on any atom is 0.350 e. The van der Waals surface area contributed by atoms with Gasteiger partial charge in [-0.05, 0) is 56.2 Å². The van der Waals surface area contributed by atoms with Gasteiger partial charge in [-0.2, -0.15) is 4.98 Å². The smallest absolute Gasteiger partial charge is 0.350 e. The number of rotatable bonds is 5. The number of aromatic nitrogens is 2. The third-order valence-corrected chi connectivity index (χ3v) is 8.98. The predicted octanol–water partition coefficient (Wildman–Crippen LogP) is 5.04. The normalized spacial score (nSPS) is 21.4. The summed E-state index contributed by atoms with van der Waals surface area (Å²) in [5.41, 5.74) is 4.03. The molecule has 3 atom stereocenters. The highest BCUT2D eigenvalue weighted by atomic mass is 79.9. The van der Waals surface area contributed by atoms with E-state index in [0.717, 1.165) is 42.7 Å². The van der Waals surface area contributed by atoms with Crippen LogP contribution in [-0.4, -0.2) is 65.0 Å². The molecule has 3 aromatic rings. The molecule has 0 aliphatic carbocycles. The number of thioether (sulfide) groups is 1. The second kappa shape index (κ2) is 10.3. The van der Waals surface area contributed by atoms with Crippen molar-refractivity contribution in [2.45, 2.75) is 43.8 Å². The second-order valence-electron chi connectivity index (χ2n) is 9.86. The third kappa shape index (κ3) is 4.51. The average Bonchev–Trinajstić information content (AvgIpc) is 2.86. The SMILES string of the molecule is C=CC(=O)N1[C@H](C)CN(c2nc(=O)n3c4c(c(-c5cccc(Br)c5)c(C)cc24)SC[C@@H]3COC)C[C@@H]1C. The summed E-state index contributed by atoms with van der Waals surface area (Å²) in [6, 6.07) is 10.3. The summed E-state index contributed by atoms with van der Waals surface area (Å²) >= 11 is 5.39. The minimum atomic E-state index is -0.264. The van der Waals surface area contributed by atoms with Crippen molar-refractivity contribution >= 4 is 50.3 Å². The molecule has 1 amide bonds. The first-order chi connectivity index (χ1) is 17.7. The van der Waals surface area contributed by atoms with Crippen LogP contribution in [0.25, 0.3) is 22.0 Å². The second-order valence-corrected chi connectivity index (χ2v) is 11.8. The van der Waals surface area contributed by atoms with Gasteiger partial charge in [0.2, 0.25) is 5.91 Å². The average molecular weight is 584 g/mol. The van der Waals surface area contributed by atoms with E-state index in [1.54, 1.807) is 18.9 Å². The number of ether oxygens (including phenoxy) is 1. The Morgan fingerprint density at radius 2 is 2.00 bits per heavy atom. The monoisotopic (exact) mass is 582 g/mol. The van der Waals surface area contributed by atoms with Crippen molar-refractivity contribution in [2.24, 2.45) is 0 Å². The lowest BCUT2D eigenvalue weighted by Crippen LogP contribution is -2.58. The molecule has 0 spiro atoms. The number of aryl methyl sites for hydroxylation is 1. The topological polar surface area (TPSA) is 67.7 Å². The minimum absolute atomic E-state index is 0.0430. The Hall–Kier alpha value is -2.62. The van der Waals surface area contributed by atoms with Crippen LogP contribution >= 0.6 is 27.7 Å². The Morgan fingerprint density at radius 1 is 1.27 bits per heavy atom. The van der Waals surface area contributed by atoms with Gasteiger partial charge >= 0.3 is 5.69 Å². The number of hydrogen-bond acceptors (Lipinski definition) is 6. The van der Waals surface area contributed by atoms with E-state index >= 15 is 0 Å². The van der Waals surface area contributed by atoms with Gasteiger partial charge < -0.3 is 14.5 Å². The first-order valence-electron chi connectivity index (χ1n) is 12.4. The lowest BCUT2D eigenvalue weighted by Gasteiger charge is -2.45. The largest absolute Gasteiger partial charge is 0.383 e. The highest BCUT2D eigenvalue weighted by Gasteiger charge is 2.35. The molecule has 2 aromatic carbocycles. The first-order valence-corrected chi connectivity index (χ1v) is 14.2. The van der Waals surface area contributed by atoms with Crippen LogP contribution in [0.4, 0.5) is 5.82 Å². The summed E-state index contributed by atoms with van der Waals surface area (Å²) in [7, 11) is 1.67. The molecule has 2 aliphatic heterocycles. The van der Waals surface area contributed by atoms with Crippen molar-refractivity contribution in [1.82, 2.24) is 14.5 Å². The molecule has 0 N–H and O–H groups in total. The highest BCUT2D eigenvalue weighted by Crippen LogP contribution is 2.46. The van der Waals surface area contributed by atoms with Crippen LogP contribution < -0.4 is 10.6 Å². The van der Waals surface area contributed by atoms with Crippen LogP contribution in [0.5, 0.6) is 0 Å². The van der Waals surface area contributed by atoms with E-state index < -0.39 is 0 Å². The van der Waals surface area contributed by atoms with E-state index in [2.05, 4.69) is 57.5 Å². The van der Waals surface area contributed by atoms with E-state index in [0.29, 0.717) is 25.5 Å². The fourth-order valence-electron chi connectivity index (χ4n) is 5.81. The van der Waals surface area contributed by atoms with E-state index in [-0.39, 0.29) is 29.7 Å². The van der Waals surface area contributed by atoms with Gasteiger partial charge in [0.15, 0.2) is 0 Å². The van der Waals surface area contributed by atoms with Crippen molar-refractivity contribution in [3.05, 3.63) is 63.5 Å². The minimum Gasteiger partial charge on any atom is -0.383 e. The zero-order valence-electron chi connectivity index (χ0n) is 21.5. The Morgan fingerprint density at radius 3 is 2.65 bits per heavy atom. The van der Waals surface area contributed by atoms with E-state index in [1.807, 2.05) is 35.4 Å². The Bertz CT molecular complexity index is 1440. The van der Waals surface area contributed by atoms with Crippen molar-refractivity contribution in [3.63, 3.8) is 0 Å². The third-order valence-electron chi connectivity index (χ3n) is 7.25. The number of carbonyl (C=O) groups is 1. The van der Waals surface area contributed by atoms with Crippen molar-refractivity contribution in [1.29, 1.82) is 0 Å². The van der Waals surface area contributed by atoms with E-state index in [4.69, 9.17) is 4.74 Å². The zero-order chi connectivity index (χ0) is 26.4. The molecule has 1 saturated heterocycles. The molecule has 0 saturated carbocycles. The van der Waals surface area contributed by atoms with Crippen LogP contribution in [0.3, 0.4) is 0 Å². The standard InChI is InChI=1S/C28H31BrN4O3S/c1-6-23(34)32-17(3)12-31(13-18(32)4)27-22-10-16(2)24(19-8-7-9-20(29)11-19)26-25(22)33(28(35)30-27)21(14-36-5)15-37-26/h6-11,17-18,21H,1,12-15H2,2-5H3/t17-,18+,21-/m0/s1. The number of piperazine rings is 1. The molecule has 194 valence electrons. The fraction of sp³-hybridized carbons (Fsp3) is 0.393. The van der Waals surface area contributed by atoms with Crippen LogP contribution in [0.2, 0.25) is 0 Å². The first kappa shape index (κ1) is 26.0. The fourth-order valence-corrected chi connectivity index (χ4v) is 7.59. The van der Waals surface area contributed by atoms with Crippen LogP contribution in [-0.2, 0) is 9.53 Å². The molecular formula is C28H31BrN4O3S. The van der Waals surface area contributed by atoms with Gasteiger partial charge in [-0.15, -0.1) is 11.8 Å². The van der Waals surface area contributed by atoms with Gasteiger partial charge in [0, 0.05) is 58.4 Å². The molecule has 1 fully saturated rings. The molecule has 0 unspecified atom stereocenters. The number of halogens is 1. The van der Waals surface area contributed by atoms with Crippen molar-refractivity contribution in [2.75, 3.05) is 37.5 Å². The van der Waals surface area contributed by atoms with Gasteiger partial charge in [-0.3, -0.25) is 9.36 Å². The molecular weight excluding hydrogens is 552 g/mol. The Labute approximate surface area is 229 Å². The Kier molecular flexibility index (Phi) is 7.22. The lowest BCUT2D eigenvalue weighted by atomic mass is 9.97. The molecule has 7 nitrogen and oxygen atoms in total. The van der Waals surface area contributed by atoms with Crippen LogP contribution in [0.1, 0.15) is 25.5 Å². The van der Waals surface area contributed by atoms with Gasteiger partial charge in [0.1, 0.15) is 5.82 Å². The number of anilines is 1. The summed E-state index contributed by atoms with van der Waals surface area (Å²) in [5.74, 6) is 1.35. The number of amides is 1. The van der Waals surface area contributed by atoms with Gasteiger partial charge in [0.05, 0.1) is 18.2 Å². The quantitative estimate of drug-likeness (QED) is 0.393. The van der Waals surface area contributed by atoms with Crippen LogP contribution in [0.15, 0.2) is 57.1 Å². The summed E-state index contributed by atoms with van der Waals surface area (Å²) in [5, 5.41) is 0.960. The van der Waals surface area contributed by atoms with Gasteiger partial charge in [0.25, 0.3) is 0 Å². The zero-order valence-corrected chi connectivity index (χ0v) is 23.9. The van der Waals surface area contributed by atoms with Gasteiger partial charge in [-0.1, -0.05) is 34.6 Å². The van der Waals surface area contributed by atoms with Crippen molar-refractivity contribution in [3.8, 4) is 11.1 Å². The summed E-state index contributed by atoms with van der Waals surface area (Å²) < 4.78 is 8.34. The number of nitrogens with zero attached hydrogens (tertiary/aromatic N) is 4. The maximum absolute atomic E-state index is 13.6. The van der Waals surface area contributed by atoms with Crippen LogP contribution in [0, 0.1) is 6.92 Å². The van der Waals surface area contributed by atoms with Gasteiger partial charge in [-0.25, -0.2) is 4.79 Å². The molecule has 37 heavy (non-hydrogen) atoms. The number of benzene rings is 2. The predicted molar refractivity (Wildman–Crippen MR) is 154 cm³/mol. The Balaban J connectivity index is 1.74. The molecule has 0 radical (unpaired) electrons. The molecule has 3 heterocycles. The van der Waals surface area contributed by atoms with E-state index in [1.165, 1.54) is 6.08 Å². The number of methoxy groups -OCH3 is 1. The number of hydrogen-bond donors (Lipinski definition) is 0. The number of carbonyl (C=O) groups excluding carboxylic acids is 1. The summed E-state index contributed by atoms with van der Waals surface area (Å²) in [6.07, 6.45) is 1.37. The lowest BCUT2D eigenvalue weighted by molar-refractivity contribution is -0.130. The molecule has 9 heteroatoms. The summed E-state index contributed by atoms with van der Waals surface area (Å²) in [4.78, 5) is 35.9. The van der Waals surface area contributed by atoms with Crippen molar-refractivity contribution < 1.29 is 9.53 Å². The molecule has 2 aliphatic rings. The summed E-state index contributed by atoms with van der Waals surface area (Å²) in [6.45, 7) is 11.5.